The number of hydrogen-bond acceptors (Lipinski definition) is 9. The highest BCUT2D eigenvalue weighted by Gasteiger charge is 2.34. The molecule has 3 rings (SSSR count). The van der Waals surface area contributed by atoms with Gasteiger partial charge < -0.3 is 9.47 Å². The summed E-state index contributed by atoms with van der Waals surface area (Å²) in [5.41, 5.74) is 0.576. The first-order valence-corrected chi connectivity index (χ1v) is 9.79. The molecule has 2 saturated heterocycles. The summed E-state index contributed by atoms with van der Waals surface area (Å²) >= 11 is 1.53. The van der Waals surface area contributed by atoms with E-state index in [-0.39, 0.29) is 22.8 Å². The van der Waals surface area contributed by atoms with Crippen molar-refractivity contribution in [3.8, 4) is 11.5 Å². The van der Waals surface area contributed by atoms with Crippen molar-refractivity contribution < 1.29 is 33.4 Å². The third-order valence-corrected chi connectivity index (χ3v) is 5.34. The number of carbonyl (C=O) groups excluding carboxylic acids is 5. The second kappa shape index (κ2) is 8.48. The van der Waals surface area contributed by atoms with E-state index in [2.05, 4.69) is 10.6 Å². The summed E-state index contributed by atoms with van der Waals surface area (Å²) in [6.07, 6.45) is 1.25. The minimum atomic E-state index is -0.824. The van der Waals surface area contributed by atoms with E-state index < -0.39 is 33.5 Å². The lowest BCUT2D eigenvalue weighted by Crippen LogP contribution is -2.27. The molecule has 0 radical (unpaired) electrons. The van der Waals surface area contributed by atoms with Crippen molar-refractivity contribution in [2.75, 3.05) is 6.61 Å². The zero-order valence-electron chi connectivity index (χ0n) is 14.5. The van der Waals surface area contributed by atoms with Crippen molar-refractivity contribution >= 4 is 57.9 Å². The van der Waals surface area contributed by atoms with Gasteiger partial charge in [0.2, 0.25) is 5.91 Å². The van der Waals surface area contributed by atoms with Gasteiger partial charge in [0.05, 0.1) is 17.9 Å². The predicted molar refractivity (Wildman–Crippen MR) is 102 cm³/mol. The number of rotatable bonds is 6. The Morgan fingerprint density at radius 3 is 2.54 bits per heavy atom. The molecule has 0 aliphatic carbocycles. The maximum Gasteiger partial charge on any atom is 0.312 e. The topological polar surface area (TPSA) is 128 Å². The first kappa shape index (κ1) is 20.0. The third-order valence-electron chi connectivity index (χ3n) is 3.55. The highest BCUT2D eigenvalue weighted by atomic mass is 32.2. The largest absolute Gasteiger partial charge is 0.490 e. The van der Waals surface area contributed by atoms with Crippen molar-refractivity contribution in [2.24, 2.45) is 0 Å². The van der Waals surface area contributed by atoms with Crippen molar-refractivity contribution in [3.05, 3.63) is 28.7 Å². The number of carbonyl (C=O) groups is 5. The van der Waals surface area contributed by atoms with Crippen molar-refractivity contribution in [3.63, 3.8) is 0 Å². The molecule has 146 valence electrons. The minimum Gasteiger partial charge on any atom is -0.490 e. The fourth-order valence-corrected chi connectivity index (χ4v) is 3.87. The van der Waals surface area contributed by atoms with Crippen LogP contribution in [-0.4, -0.2) is 40.1 Å². The summed E-state index contributed by atoms with van der Waals surface area (Å²) in [5.74, 6) is -1.29. The molecule has 0 aromatic heterocycles. The van der Waals surface area contributed by atoms with Gasteiger partial charge in [-0.3, -0.25) is 34.6 Å². The van der Waals surface area contributed by atoms with Crippen LogP contribution in [-0.2, 0) is 14.4 Å². The van der Waals surface area contributed by atoms with Gasteiger partial charge in [-0.05, 0) is 42.5 Å². The second-order valence-electron chi connectivity index (χ2n) is 5.55. The van der Waals surface area contributed by atoms with Crippen LogP contribution in [0.4, 0.5) is 9.59 Å². The summed E-state index contributed by atoms with van der Waals surface area (Å²) in [4.78, 5) is 58.0. The number of hydrogen-bond donors (Lipinski definition) is 2. The average Bonchev–Trinajstić information content (AvgIpc) is 3.10. The Labute approximate surface area is 167 Å². The number of esters is 1. The van der Waals surface area contributed by atoms with Crippen LogP contribution in [0.3, 0.4) is 0 Å². The number of nitrogens with one attached hydrogen (secondary N) is 2. The molecule has 4 amide bonds. The van der Waals surface area contributed by atoms with Crippen molar-refractivity contribution in [2.45, 2.75) is 18.6 Å². The normalized spacial score (nSPS) is 20.3. The molecular formula is C17H14N2O7S2. The smallest absolute Gasteiger partial charge is 0.312 e. The molecule has 2 aliphatic heterocycles. The van der Waals surface area contributed by atoms with Crippen LogP contribution < -0.4 is 20.1 Å². The van der Waals surface area contributed by atoms with Crippen LogP contribution in [0, 0.1) is 0 Å². The zero-order chi connectivity index (χ0) is 20.3. The molecule has 0 bridgehead atoms. The van der Waals surface area contributed by atoms with Gasteiger partial charge in [0, 0.05) is 0 Å². The van der Waals surface area contributed by atoms with Crippen LogP contribution in [0.15, 0.2) is 23.1 Å². The fraction of sp³-hybridized carbons (Fsp3) is 0.235. The molecule has 1 aromatic rings. The van der Waals surface area contributed by atoms with Gasteiger partial charge in [0.1, 0.15) is 5.25 Å². The highest BCUT2D eigenvalue weighted by molar-refractivity contribution is 8.18. The van der Waals surface area contributed by atoms with Crippen LogP contribution >= 0.6 is 23.5 Å². The second-order valence-corrected chi connectivity index (χ2v) is 7.74. The molecule has 2 fully saturated rings. The number of benzene rings is 1. The quantitative estimate of drug-likeness (QED) is 0.402. The van der Waals surface area contributed by atoms with Crippen LogP contribution in [0.5, 0.6) is 11.5 Å². The zero-order valence-corrected chi connectivity index (χ0v) is 16.1. The van der Waals surface area contributed by atoms with E-state index in [0.29, 0.717) is 12.2 Å². The van der Waals surface area contributed by atoms with E-state index in [0.717, 1.165) is 23.5 Å². The SMILES string of the molecule is CCOc1cc(/C=C2\SC(=O)NC2=O)ccc1OC(=O)CC1SC(=O)NC1=O. The molecule has 1 atom stereocenters. The minimum absolute atomic E-state index is 0.142. The van der Waals surface area contributed by atoms with Crippen LogP contribution in [0.1, 0.15) is 18.9 Å². The number of imide groups is 2. The van der Waals surface area contributed by atoms with Gasteiger partial charge in [-0.2, -0.15) is 0 Å². The Balaban J connectivity index is 1.74. The summed E-state index contributed by atoms with van der Waals surface area (Å²) in [6, 6.07) is 4.65. The average molecular weight is 422 g/mol. The number of amides is 4. The molecule has 11 heteroatoms. The molecule has 2 aliphatic rings. The van der Waals surface area contributed by atoms with Crippen molar-refractivity contribution in [1.82, 2.24) is 10.6 Å². The van der Waals surface area contributed by atoms with Gasteiger partial charge >= 0.3 is 5.97 Å². The van der Waals surface area contributed by atoms with Gasteiger partial charge in [-0.1, -0.05) is 17.8 Å². The third kappa shape index (κ3) is 4.73. The lowest BCUT2D eigenvalue weighted by atomic mass is 10.2. The summed E-state index contributed by atoms with van der Waals surface area (Å²) in [5, 5.41) is 2.50. The Bertz CT molecular complexity index is 913. The maximum absolute atomic E-state index is 12.1. The highest BCUT2D eigenvalue weighted by Crippen LogP contribution is 2.32. The Hall–Kier alpha value is -2.79. The molecule has 9 nitrogen and oxygen atoms in total. The molecule has 2 heterocycles. The monoisotopic (exact) mass is 422 g/mol. The molecule has 0 saturated carbocycles. The van der Waals surface area contributed by atoms with E-state index in [1.165, 1.54) is 12.1 Å². The lowest BCUT2D eigenvalue weighted by molar-refractivity contribution is -0.136. The van der Waals surface area contributed by atoms with Gasteiger partial charge in [-0.15, -0.1) is 0 Å². The van der Waals surface area contributed by atoms with Crippen molar-refractivity contribution in [1.29, 1.82) is 0 Å². The summed E-state index contributed by atoms with van der Waals surface area (Å²) in [6.45, 7) is 2.05. The lowest BCUT2D eigenvalue weighted by Gasteiger charge is -2.12. The molecule has 2 N–H and O–H groups in total. The van der Waals surface area contributed by atoms with E-state index in [4.69, 9.17) is 9.47 Å². The van der Waals surface area contributed by atoms with Crippen LogP contribution in [0.2, 0.25) is 0 Å². The number of ether oxygens (including phenoxy) is 2. The molecular weight excluding hydrogens is 408 g/mol. The molecule has 28 heavy (non-hydrogen) atoms. The Morgan fingerprint density at radius 2 is 1.93 bits per heavy atom. The van der Waals surface area contributed by atoms with Gasteiger partial charge in [0.15, 0.2) is 11.5 Å². The molecule has 0 spiro atoms. The van der Waals surface area contributed by atoms with E-state index in [1.54, 1.807) is 19.1 Å². The van der Waals surface area contributed by atoms with E-state index in [1.807, 2.05) is 0 Å². The Kier molecular flexibility index (Phi) is 6.05. The van der Waals surface area contributed by atoms with Gasteiger partial charge in [0.25, 0.3) is 16.4 Å². The van der Waals surface area contributed by atoms with Gasteiger partial charge in [-0.25, -0.2) is 0 Å². The van der Waals surface area contributed by atoms with E-state index >= 15 is 0 Å². The Morgan fingerprint density at radius 1 is 1.14 bits per heavy atom. The van der Waals surface area contributed by atoms with Crippen LogP contribution in [0.25, 0.3) is 6.08 Å². The first-order chi connectivity index (χ1) is 13.4. The predicted octanol–water partition coefficient (Wildman–Crippen LogP) is 2.06. The standard InChI is InChI=1S/C17H14N2O7S2/c1-2-25-10-5-8(6-11-14(21)18-16(23)27-11)3-4-9(10)26-13(20)7-12-15(22)19-17(24)28-12/h3-6,12H,2,7H2,1H3,(H,18,21,23)(H,19,22,24)/b11-6-. The summed E-state index contributed by atoms with van der Waals surface area (Å²) < 4.78 is 10.8. The maximum atomic E-state index is 12.1. The molecule has 1 aromatic carbocycles. The molecule has 1 unspecified atom stereocenters. The first-order valence-electron chi connectivity index (χ1n) is 8.09. The number of thioether (sulfide) groups is 2. The van der Waals surface area contributed by atoms with E-state index in [9.17, 15) is 24.0 Å². The fourth-order valence-electron chi connectivity index (χ4n) is 2.38. The summed E-state index contributed by atoms with van der Waals surface area (Å²) in [7, 11) is 0.